The van der Waals surface area contributed by atoms with Gasteiger partial charge in [0.2, 0.25) is 0 Å². The summed E-state index contributed by atoms with van der Waals surface area (Å²) in [6.45, 7) is 2.55. The monoisotopic (exact) mass is 410 g/mol. The van der Waals surface area contributed by atoms with Gasteiger partial charge in [-0.3, -0.25) is 24.2 Å². The molecule has 0 radical (unpaired) electrons. The topological polar surface area (TPSA) is 113 Å². The molecule has 2 aromatic heterocycles. The zero-order valence-electron chi connectivity index (χ0n) is 16.2. The molecule has 1 aromatic carbocycles. The van der Waals surface area contributed by atoms with E-state index in [0.717, 1.165) is 0 Å². The number of benzene rings is 1. The minimum atomic E-state index is -0.456. The van der Waals surface area contributed by atoms with Crippen molar-refractivity contribution in [3.8, 4) is 0 Å². The number of carbonyl (C=O) groups excluding carboxylic acids is 3. The number of anilines is 1. The third kappa shape index (κ3) is 3.84. The number of ketones is 1. The van der Waals surface area contributed by atoms with Crippen molar-refractivity contribution in [2.24, 2.45) is 0 Å². The molecule has 1 aliphatic rings. The average Bonchev–Trinajstić information content (AvgIpc) is 3.30. The molecule has 0 saturated heterocycles. The minimum Gasteiger partial charge on any atom is -0.331 e. The molecular formula is C20H19FN6O3. The van der Waals surface area contributed by atoms with Gasteiger partial charge in [0.1, 0.15) is 17.2 Å². The Balaban J connectivity index is 1.56. The van der Waals surface area contributed by atoms with Crippen LogP contribution in [0.5, 0.6) is 0 Å². The van der Waals surface area contributed by atoms with Gasteiger partial charge in [0.25, 0.3) is 11.8 Å². The van der Waals surface area contributed by atoms with Crippen LogP contribution >= 0.6 is 0 Å². The largest absolute Gasteiger partial charge is 0.331 e. The number of Topliss-reactive ketones (excluding diaryl/α,β-unsaturated/α-hetero) is 1. The van der Waals surface area contributed by atoms with Crippen molar-refractivity contribution >= 4 is 23.3 Å². The van der Waals surface area contributed by atoms with E-state index < -0.39 is 11.7 Å². The maximum atomic E-state index is 13.4. The molecule has 0 unspecified atom stereocenters. The molecule has 0 atom stereocenters. The Bertz CT molecular complexity index is 1140. The molecule has 4 rings (SSSR count). The molecule has 10 heteroatoms. The number of hydrogen-bond donors (Lipinski definition) is 2. The highest BCUT2D eigenvalue weighted by Gasteiger charge is 2.27. The second-order valence-corrected chi connectivity index (χ2v) is 7.00. The Hall–Kier alpha value is -3.82. The van der Waals surface area contributed by atoms with E-state index in [1.165, 1.54) is 37.4 Å². The molecule has 0 fully saturated rings. The third-order valence-electron chi connectivity index (χ3n) is 4.87. The second kappa shape index (κ2) is 7.90. The number of carbonyl (C=O) groups is 3. The van der Waals surface area contributed by atoms with Gasteiger partial charge < -0.3 is 10.2 Å². The van der Waals surface area contributed by atoms with Crippen molar-refractivity contribution in [2.45, 2.75) is 26.4 Å². The van der Waals surface area contributed by atoms with E-state index in [4.69, 9.17) is 0 Å². The Labute approximate surface area is 170 Å². The maximum absolute atomic E-state index is 13.4. The lowest BCUT2D eigenvalue weighted by Gasteiger charge is -2.19. The average molecular weight is 410 g/mol. The number of aromatic amines is 1. The van der Waals surface area contributed by atoms with Crippen LogP contribution in [-0.4, -0.2) is 49.0 Å². The molecule has 0 spiro atoms. The zero-order valence-corrected chi connectivity index (χ0v) is 16.2. The summed E-state index contributed by atoms with van der Waals surface area (Å²) < 4.78 is 15.1. The zero-order chi connectivity index (χ0) is 21.3. The molecule has 2 amide bonds. The first-order valence-electron chi connectivity index (χ1n) is 9.39. The molecule has 154 valence electrons. The lowest BCUT2D eigenvalue weighted by molar-refractivity contribution is 0.0738. The summed E-state index contributed by atoms with van der Waals surface area (Å²) in [6, 6.07) is 7.02. The van der Waals surface area contributed by atoms with Crippen molar-refractivity contribution in [3.63, 3.8) is 0 Å². The van der Waals surface area contributed by atoms with E-state index >= 15 is 0 Å². The van der Waals surface area contributed by atoms with E-state index in [9.17, 15) is 18.8 Å². The Kier molecular flexibility index (Phi) is 5.13. The van der Waals surface area contributed by atoms with Crippen LogP contribution in [0.2, 0.25) is 0 Å². The summed E-state index contributed by atoms with van der Waals surface area (Å²) in [5.74, 6) is -1.45. The molecular weight excluding hydrogens is 391 g/mol. The van der Waals surface area contributed by atoms with Crippen LogP contribution < -0.4 is 5.32 Å². The molecule has 2 N–H and O–H groups in total. The van der Waals surface area contributed by atoms with Gasteiger partial charge in [-0.15, -0.1) is 0 Å². The number of nitrogens with one attached hydrogen (secondary N) is 2. The van der Waals surface area contributed by atoms with Gasteiger partial charge >= 0.3 is 0 Å². The van der Waals surface area contributed by atoms with Gasteiger partial charge in [-0.2, -0.15) is 10.2 Å². The fourth-order valence-electron chi connectivity index (χ4n) is 3.35. The molecule has 1 aliphatic heterocycles. The van der Waals surface area contributed by atoms with Crippen LogP contribution in [0.1, 0.15) is 50.4 Å². The first-order valence-corrected chi connectivity index (χ1v) is 9.39. The van der Waals surface area contributed by atoms with Crippen molar-refractivity contribution < 1.29 is 18.8 Å². The fourth-order valence-corrected chi connectivity index (χ4v) is 3.35. The summed E-state index contributed by atoms with van der Waals surface area (Å²) in [7, 11) is 0. The van der Waals surface area contributed by atoms with Gasteiger partial charge in [-0.25, -0.2) is 4.39 Å². The van der Waals surface area contributed by atoms with E-state index in [0.29, 0.717) is 36.5 Å². The van der Waals surface area contributed by atoms with Gasteiger partial charge in [0.15, 0.2) is 5.78 Å². The van der Waals surface area contributed by atoms with E-state index in [1.807, 2.05) is 0 Å². The van der Waals surface area contributed by atoms with E-state index in [2.05, 4.69) is 20.6 Å². The SMILES string of the molecule is CC(=O)c1cc(C(=O)N2CCCn3ncc(C(=O)Nc4cccc(F)c4)c3C2)[nH]n1. The highest BCUT2D eigenvalue weighted by molar-refractivity contribution is 6.05. The highest BCUT2D eigenvalue weighted by Crippen LogP contribution is 2.20. The summed E-state index contributed by atoms with van der Waals surface area (Å²) in [4.78, 5) is 38.7. The number of amides is 2. The number of rotatable bonds is 4. The normalized spacial score (nSPS) is 13.5. The molecule has 0 saturated carbocycles. The minimum absolute atomic E-state index is 0.166. The Morgan fingerprint density at radius 1 is 1.20 bits per heavy atom. The number of aromatic nitrogens is 4. The standard InChI is InChI=1S/C20H19FN6O3/c1-12(28)16-9-17(25-24-16)20(30)26-6-3-7-27-18(11-26)15(10-22-27)19(29)23-14-5-2-4-13(21)8-14/h2,4-5,8-10H,3,6-7,11H2,1H3,(H,23,29)(H,24,25). The van der Waals surface area contributed by atoms with Crippen LogP contribution in [-0.2, 0) is 13.1 Å². The summed E-state index contributed by atoms with van der Waals surface area (Å²) in [5.41, 5.74) is 1.62. The number of fused-ring (bicyclic) bond motifs is 1. The molecule has 3 heterocycles. The van der Waals surface area contributed by atoms with Crippen LogP contribution in [0.15, 0.2) is 36.5 Å². The fraction of sp³-hybridized carbons (Fsp3) is 0.250. The molecule has 3 aromatic rings. The number of aryl methyl sites for hydroxylation is 1. The summed E-state index contributed by atoms with van der Waals surface area (Å²) in [6.07, 6.45) is 2.10. The van der Waals surface area contributed by atoms with Gasteiger partial charge in [-0.05, 0) is 30.7 Å². The van der Waals surface area contributed by atoms with E-state index in [1.54, 1.807) is 15.6 Å². The van der Waals surface area contributed by atoms with Crippen LogP contribution in [0.4, 0.5) is 10.1 Å². The number of nitrogens with zero attached hydrogens (tertiary/aromatic N) is 4. The summed E-state index contributed by atoms with van der Waals surface area (Å²) >= 11 is 0. The molecule has 0 bridgehead atoms. The quantitative estimate of drug-likeness (QED) is 0.641. The lowest BCUT2D eigenvalue weighted by atomic mass is 10.2. The molecule has 30 heavy (non-hydrogen) atoms. The molecule has 9 nitrogen and oxygen atoms in total. The van der Waals surface area contributed by atoms with E-state index in [-0.39, 0.29) is 29.6 Å². The number of H-pyrrole nitrogens is 1. The first-order chi connectivity index (χ1) is 14.4. The molecule has 0 aliphatic carbocycles. The van der Waals surface area contributed by atoms with Crippen molar-refractivity contribution in [2.75, 3.05) is 11.9 Å². The second-order valence-electron chi connectivity index (χ2n) is 7.00. The van der Waals surface area contributed by atoms with Crippen LogP contribution in [0, 0.1) is 5.82 Å². The van der Waals surface area contributed by atoms with Crippen LogP contribution in [0.3, 0.4) is 0 Å². The Morgan fingerprint density at radius 2 is 2.03 bits per heavy atom. The predicted molar refractivity (Wildman–Crippen MR) is 105 cm³/mol. The summed E-state index contributed by atoms with van der Waals surface area (Å²) in [5, 5.41) is 13.4. The van der Waals surface area contributed by atoms with Gasteiger partial charge in [0.05, 0.1) is 24.0 Å². The number of hydrogen-bond acceptors (Lipinski definition) is 5. The van der Waals surface area contributed by atoms with Gasteiger partial charge in [-0.1, -0.05) is 6.07 Å². The lowest BCUT2D eigenvalue weighted by Crippen LogP contribution is -2.31. The number of halogens is 1. The third-order valence-corrected chi connectivity index (χ3v) is 4.87. The van der Waals surface area contributed by atoms with Crippen molar-refractivity contribution in [1.29, 1.82) is 0 Å². The Morgan fingerprint density at radius 3 is 2.77 bits per heavy atom. The predicted octanol–water partition coefficient (Wildman–Crippen LogP) is 2.25. The van der Waals surface area contributed by atoms with Crippen molar-refractivity contribution in [1.82, 2.24) is 24.9 Å². The van der Waals surface area contributed by atoms with Crippen molar-refractivity contribution in [3.05, 3.63) is 65.0 Å². The van der Waals surface area contributed by atoms with Crippen LogP contribution in [0.25, 0.3) is 0 Å². The first kappa shape index (κ1) is 19.5. The maximum Gasteiger partial charge on any atom is 0.272 e. The van der Waals surface area contributed by atoms with Gasteiger partial charge in [0, 0.05) is 25.7 Å². The smallest absolute Gasteiger partial charge is 0.272 e. The highest BCUT2D eigenvalue weighted by atomic mass is 19.1.